The molecule has 0 saturated heterocycles. The van der Waals surface area contributed by atoms with Gasteiger partial charge in [0.25, 0.3) is 5.56 Å². The largest absolute Gasteiger partial charge is 0.281 e. The molecule has 0 aliphatic heterocycles. The van der Waals surface area contributed by atoms with E-state index in [9.17, 15) is 10.1 Å². The summed E-state index contributed by atoms with van der Waals surface area (Å²) in [5.41, 5.74) is 1.65. The number of benzene rings is 1. The third kappa shape index (κ3) is 3.51. The third-order valence-electron chi connectivity index (χ3n) is 3.92. The molecule has 0 radical (unpaired) electrons. The number of rotatable bonds is 5. The number of thioether (sulfide) groups is 1. The minimum Gasteiger partial charge on any atom is -0.281 e. The highest BCUT2D eigenvalue weighted by Crippen LogP contribution is 2.32. The lowest BCUT2D eigenvalue weighted by Gasteiger charge is -2.09. The van der Waals surface area contributed by atoms with E-state index in [1.165, 1.54) is 39.0 Å². The first-order chi connectivity index (χ1) is 13.2. The van der Waals surface area contributed by atoms with Crippen molar-refractivity contribution in [3.8, 4) is 17.2 Å². The Balaban J connectivity index is 1.80. The normalized spacial score (nSPS) is 11.0. The van der Waals surface area contributed by atoms with Gasteiger partial charge in [-0.05, 0) is 12.5 Å². The zero-order valence-electron chi connectivity index (χ0n) is 14.2. The van der Waals surface area contributed by atoms with Crippen molar-refractivity contribution >= 4 is 44.7 Å². The smallest absolute Gasteiger partial charge is 0.263 e. The second-order valence-corrected chi connectivity index (χ2v) is 8.91. The van der Waals surface area contributed by atoms with Gasteiger partial charge in [0, 0.05) is 10.9 Å². The van der Waals surface area contributed by atoms with Gasteiger partial charge in [-0.3, -0.25) is 9.36 Å². The molecule has 0 amide bonds. The van der Waals surface area contributed by atoms with E-state index in [0.29, 0.717) is 21.8 Å². The first-order valence-corrected chi connectivity index (χ1v) is 10.7. The molecule has 0 atom stereocenters. The first kappa shape index (κ1) is 17.9. The van der Waals surface area contributed by atoms with E-state index in [1.54, 1.807) is 0 Å². The number of nitriles is 1. The van der Waals surface area contributed by atoms with Crippen LogP contribution in [0.25, 0.3) is 21.3 Å². The molecular weight excluding hydrogens is 398 g/mol. The molecule has 0 spiro atoms. The minimum absolute atomic E-state index is 0.0309. The van der Waals surface area contributed by atoms with Gasteiger partial charge in [0.1, 0.15) is 22.2 Å². The summed E-state index contributed by atoms with van der Waals surface area (Å²) < 4.78 is 2.28. The van der Waals surface area contributed by atoms with Crippen LogP contribution in [0, 0.1) is 18.3 Å². The van der Waals surface area contributed by atoms with Crippen molar-refractivity contribution in [2.24, 2.45) is 0 Å². The molecule has 0 N–H and O–H groups in total. The lowest BCUT2D eigenvalue weighted by molar-refractivity contribution is 0.731. The van der Waals surface area contributed by atoms with Gasteiger partial charge in [0.15, 0.2) is 4.34 Å². The summed E-state index contributed by atoms with van der Waals surface area (Å²) in [5, 5.41) is 20.7. The van der Waals surface area contributed by atoms with Crippen molar-refractivity contribution in [2.75, 3.05) is 0 Å². The SMILES string of the molecule is Cc1nnc(SCc2nc3scc(-c4ccccc4)c3c(=O)n2CC#N)s1. The Hall–Kier alpha value is -2.54. The molecule has 9 heteroatoms. The highest BCUT2D eigenvalue weighted by molar-refractivity contribution is 8.00. The number of hydrogen-bond acceptors (Lipinski definition) is 8. The Morgan fingerprint density at radius 3 is 2.78 bits per heavy atom. The molecule has 3 aromatic heterocycles. The molecule has 3 heterocycles. The van der Waals surface area contributed by atoms with E-state index < -0.39 is 0 Å². The van der Waals surface area contributed by atoms with Gasteiger partial charge in [0.05, 0.1) is 17.2 Å². The summed E-state index contributed by atoms with van der Waals surface area (Å²) in [5.74, 6) is 1.04. The van der Waals surface area contributed by atoms with Crippen LogP contribution < -0.4 is 5.56 Å². The van der Waals surface area contributed by atoms with Gasteiger partial charge < -0.3 is 0 Å². The van der Waals surface area contributed by atoms with Gasteiger partial charge in [-0.1, -0.05) is 53.4 Å². The van der Waals surface area contributed by atoms with Gasteiger partial charge in [-0.25, -0.2) is 4.98 Å². The molecule has 1 aromatic carbocycles. The maximum absolute atomic E-state index is 13.2. The van der Waals surface area contributed by atoms with Crippen LogP contribution in [0.4, 0.5) is 0 Å². The van der Waals surface area contributed by atoms with E-state index in [2.05, 4.69) is 21.3 Å². The monoisotopic (exact) mass is 411 g/mol. The van der Waals surface area contributed by atoms with Crippen LogP contribution >= 0.6 is 34.4 Å². The predicted octanol–water partition coefficient (Wildman–Crippen LogP) is 4.10. The van der Waals surface area contributed by atoms with Crippen molar-refractivity contribution < 1.29 is 0 Å². The predicted molar refractivity (Wildman–Crippen MR) is 109 cm³/mol. The second-order valence-electron chi connectivity index (χ2n) is 5.65. The minimum atomic E-state index is -0.175. The van der Waals surface area contributed by atoms with Crippen molar-refractivity contribution in [1.82, 2.24) is 19.7 Å². The summed E-state index contributed by atoms with van der Waals surface area (Å²) >= 11 is 4.42. The molecule has 4 rings (SSSR count). The van der Waals surface area contributed by atoms with Crippen LogP contribution in [0.5, 0.6) is 0 Å². The van der Waals surface area contributed by atoms with Crippen molar-refractivity contribution in [3.63, 3.8) is 0 Å². The van der Waals surface area contributed by atoms with Gasteiger partial charge in [0.2, 0.25) is 0 Å². The van der Waals surface area contributed by atoms with E-state index in [4.69, 9.17) is 0 Å². The Kier molecular flexibility index (Phi) is 5.03. The van der Waals surface area contributed by atoms with Gasteiger partial charge in [-0.2, -0.15) is 5.26 Å². The van der Waals surface area contributed by atoms with Crippen molar-refractivity contribution in [2.45, 2.75) is 23.6 Å². The van der Waals surface area contributed by atoms with E-state index in [1.807, 2.05) is 42.6 Å². The summed E-state index contributed by atoms with van der Waals surface area (Å²) in [6.45, 7) is 1.87. The molecule has 0 aliphatic carbocycles. The van der Waals surface area contributed by atoms with Gasteiger partial charge in [-0.15, -0.1) is 21.5 Å². The lowest BCUT2D eigenvalue weighted by atomic mass is 10.1. The average Bonchev–Trinajstić information content (AvgIpc) is 3.29. The molecule has 0 bridgehead atoms. The number of aromatic nitrogens is 4. The van der Waals surface area contributed by atoms with Crippen LogP contribution in [0.2, 0.25) is 0 Å². The topological polar surface area (TPSA) is 84.5 Å². The maximum atomic E-state index is 13.2. The number of thiophene rings is 1. The molecule has 0 aliphatic rings. The molecule has 4 aromatic rings. The molecule has 0 unspecified atom stereocenters. The van der Waals surface area contributed by atoms with Gasteiger partial charge >= 0.3 is 0 Å². The zero-order valence-corrected chi connectivity index (χ0v) is 16.7. The quantitative estimate of drug-likeness (QED) is 0.460. The van der Waals surface area contributed by atoms with Crippen LogP contribution in [0.15, 0.2) is 44.8 Å². The summed E-state index contributed by atoms with van der Waals surface area (Å²) in [4.78, 5) is 18.5. The fourth-order valence-electron chi connectivity index (χ4n) is 2.70. The third-order valence-corrected chi connectivity index (χ3v) is 6.76. The maximum Gasteiger partial charge on any atom is 0.263 e. The lowest BCUT2D eigenvalue weighted by Crippen LogP contribution is -2.24. The van der Waals surface area contributed by atoms with Crippen LogP contribution in [0.3, 0.4) is 0 Å². The summed E-state index contributed by atoms with van der Waals surface area (Å²) in [6.07, 6.45) is 0. The Bertz CT molecular complexity index is 1200. The van der Waals surface area contributed by atoms with E-state index in [-0.39, 0.29) is 12.1 Å². The molecule has 6 nitrogen and oxygen atoms in total. The molecule has 134 valence electrons. The second kappa shape index (κ2) is 7.60. The van der Waals surface area contributed by atoms with E-state index in [0.717, 1.165) is 20.5 Å². The highest BCUT2D eigenvalue weighted by Gasteiger charge is 2.17. The number of hydrogen-bond donors (Lipinski definition) is 0. The Morgan fingerprint density at radius 2 is 2.07 bits per heavy atom. The van der Waals surface area contributed by atoms with Crippen molar-refractivity contribution in [1.29, 1.82) is 5.26 Å². The standard InChI is InChI=1S/C18H13N5OS3/c1-11-21-22-18(27-11)26-10-14-20-16-15(17(24)23(14)8-7-19)13(9-25-16)12-5-3-2-4-6-12/h2-6,9H,8,10H2,1H3. The molecular formula is C18H13N5OS3. The molecule has 0 fully saturated rings. The fourth-order valence-corrected chi connectivity index (χ4v) is 5.42. The number of nitrogens with zero attached hydrogens (tertiary/aromatic N) is 5. The fraction of sp³-hybridized carbons (Fsp3) is 0.167. The molecule has 0 saturated carbocycles. The van der Waals surface area contributed by atoms with E-state index >= 15 is 0 Å². The Labute approximate surface area is 167 Å². The summed E-state index contributed by atoms with van der Waals surface area (Å²) in [7, 11) is 0. The first-order valence-electron chi connectivity index (χ1n) is 8.03. The summed E-state index contributed by atoms with van der Waals surface area (Å²) in [6, 6.07) is 11.8. The number of fused-ring (bicyclic) bond motifs is 1. The van der Waals surface area contributed by atoms with Crippen molar-refractivity contribution in [3.05, 3.63) is 56.9 Å². The molecule has 27 heavy (non-hydrogen) atoms. The Morgan fingerprint density at radius 1 is 1.26 bits per heavy atom. The van der Waals surface area contributed by atoms with Crippen LogP contribution in [-0.2, 0) is 12.3 Å². The zero-order chi connectivity index (χ0) is 18.8. The van der Waals surface area contributed by atoms with Crippen LogP contribution in [-0.4, -0.2) is 19.7 Å². The number of aryl methyl sites for hydroxylation is 1. The van der Waals surface area contributed by atoms with Crippen LogP contribution in [0.1, 0.15) is 10.8 Å². The average molecular weight is 412 g/mol. The highest BCUT2D eigenvalue weighted by atomic mass is 32.2.